The van der Waals surface area contributed by atoms with E-state index in [1.54, 1.807) is 11.3 Å². The van der Waals surface area contributed by atoms with Gasteiger partial charge >= 0.3 is 0 Å². The summed E-state index contributed by atoms with van der Waals surface area (Å²) in [5.74, 6) is 0.746. The Kier molecular flexibility index (Phi) is 5.50. The molecule has 0 saturated carbocycles. The van der Waals surface area contributed by atoms with Crippen molar-refractivity contribution in [2.24, 2.45) is 0 Å². The molecule has 0 amide bonds. The van der Waals surface area contributed by atoms with Crippen molar-refractivity contribution in [1.82, 2.24) is 14.5 Å². The highest BCUT2D eigenvalue weighted by Crippen LogP contribution is 2.53. The fourth-order valence-corrected chi connectivity index (χ4v) is 8.98. The van der Waals surface area contributed by atoms with Crippen LogP contribution in [0.5, 0.6) is 0 Å². The fourth-order valence-electron chi connectivity index (χ4n) is 7.83. The summed E-state index contributed by atoms with van der Waals surface area (Å²) in [6, 6.07) is 50.2. The Hall–Kier alpha value is -5.58. The summed E-state index contributed by atoms with van der Waals surface area (Å²) in [5.41, 5.74) is 13.1. The molecule has 0 bridgehead atoms. The number of para-hydroxylation sites is 1. The van der Waals surface area contributed by atoms with Crippen LogP contribution in [0.2, 0.25) is 0 Å². The Morgan fingerprint density at radius 2 is 1.34 bits per heavy atom. The lowest BCUT2D eigenvalue weighted by Gasteiger charge is -2.21. The van der Waals surface area contributed by atoms with E-state index < -0.39 is 0 Å². The maximum absolute atomic E-state index is 5.26. The highest BCUT2D eigenvalue weighted by molar-refractivity contribution is 7.26. The summed E-state index contributed by atoms with van der Waals surface area (Å²) in [5, 5.41) is 3.77. The van der Waals surface area contributed by atoms with Gasteiger partial charge in [0.25, 0.3) is 0 Å². The first-order valence-corrected chi connectivity index (χ1v) is 16.9. The minimum Gasteiger partial charge on any atom is -0.309 e. The van der Waals surface area contributed by atoms with E-state index in [9.17, 15) is 0 Å². The van der Waals surface area contributed by atoms with E-state index in [0.717, 1.165) is 38.5 Å². The standard InChI is InChI=1S/C43H29N3S/c1-43(2)32-20-9-6-17-29(32)37-33(43)23-24-35-38(37)30-18-7-10-21-34(30)46(35)28-16-12-15-27(25-28)39-41-40(31-19-8-11-22-36(31)47-41)45-42(44-39)26-13-4-3-5-14-26/h3-25H,1-2H3. The average molecular weight is 620 g/mol. The zero-order valence-corrected chi connectivity index (χ0v) is 26.8. The Morgan fingerprint density at radius 1 is 0.596 bits per heavy atom. The van der Waals surface area contributed by atoms with Crippen LogP contribution in [0.15, 0.2) is 140 Å². The van der Waals surface area contributed by atoms with Gasteiger partial charge in [0.15, 0.2) is 5.82 Å². The van der Waals surface area contributed by atoms with Crippen LogP contribution < -0.4 is 0 Å². The van der Waals surface area contributed by atoms with Crippen molar-refractivity contribution in [2.75, 3.05) is 0 Å². The topological polar surface area (TPSA) is 30.7 Å². The van der Waals surface area contributed by atoms with Crippen molar-refractivity contribution in [1.29, 1.82) is 0 Å². The minimum atomic E-state index is -0.0532. The number of thiophene rings is 1. The van der Waals surface area contributed by atoms with Crippen molar-refractivity contribution in [3.05, 3.63) is 151 Å². The zero-order chi connectivity index (χ0) is 31.3. The smallest absolute Gasteiger partial charge is 0.160 e. The number of fused-ring (bicyclic) bond motifs is 10. The molecule has 0 saturated heterocycles. The second-order valence-electron chi connectivity index (χ2n) is 13.0. The number of hydrogen-bond donors (Lipinski definition) is 0. The van der Waals surface area contributed by atoms with Crippen LogP contribution in [-0.4, -0.2) is 14.5 Å². The number of benzene rings is 6. The third-order valence-electron chi connectivity index (χ3n) is 10.0. The molecule has 47 heavy (non-hydrogen) atoms. The van der Waals surface area contributed by atoms with E-state index in [0.29, 0.717) is 0 Å². The zero-order valence-electron chi connectivity index (χ0n) is 26.0. The summed E-state index contributed by atoms with van der Waals surface area (Å²) in [4.78, 5) is 10.4. The summed E-state index contributed by atoms with van der Waals surface area (Å²) in [7, 11) is 0. The lowest BCUT2D eigenvalue weighted by atomic mass is 9.82. The van der Waals surface area contributed by atoms with E-state index >= 15 is 0 Å². The van der Waals surface area contributed by atoms with Crippen LogP contribution in [-0.2, 0) is 5.41 Å². The van der Waals surface area contributed by atoms with Crippen LogP contribution in [0.4, 0.5) is 0 Å². The molecule has 4 heteroatoms. The van der Waals surface area contributed by atoms with E-state index in [-0.39, 0.29) is 5.41 Å². The Labute approximate surface area is 276 Å². The first-order chi connectivity index (χ1) is 23.1. The van der Waals surface area contributed by atoms with Crippen molar-refractivity contribution >= 4 is 53.4 Å². The monoisotopic (exact) mass is 619 g/mol. The predicted molar refractivity (Wildman–Crippen MR) is 198 cm³/mol. The van der Waals surface area contributed by atoms with Gasteiger partial charge in [0.2, 0.25) is 0 Å². The van der Waals surface area contributed by atoms with Crippen LogP contribution in [0.1, 0.15) is 25.0 Å². The molecule has 6 aromatic carbocycles. The summed E-state index contributed by atoms with van der Waals surface area (Å²) >= 11 is 1.77. The maximum atomic E-state index is 5.26. The highest BCUT2D eigenvalue weighted by atomic mass is 32.1. The van der Waals surface area contributed by atoms with Gasteiger partial charge in [-0.05, 0) is 52.6 Å². The molecule has 3 heterocycles. The molecule has 0 atom stereocenters. The Morgan fingerprint density at radius 3 is 2.23 bits per heavy atom. The van der Waals surface area contributed by atoms with Gasteiger partial charge in [-0.2, -0.15) is 0 Å². The van der Waals surface area contributed by atoms with Crippen molar-refractivity contribution in [2.45, 2.75) is 19.3 Å². The summed E-state index contributed by atoms with van der Waals surface area (Å²) < 4.78 is 4.77. The summed E-state index contributed by atoms with van der Waals surface area (Å²) in [6.07, 6.45) is 0. The van der Waals surface area contributed by atoms with Crippen LogP contribution in [0, 0.1) is 0 Å². The lowest BCUT2D eigenvalue weighted by molar-refractivity contribution is 0.661. The molecule has 0 aliphatic heterocycles. The van der Waals surface area contributed by atoms with Gasteiger partial charge in [-0.3, -0.25) is 0 Å². The van der Waals surface area contributed by atoms with Gasteiger partial charge < -0.3 is 4.57 Å². The molecule has 1 aliphatic carbocycles. The average Bonchev–Trinajstić information content (AvgIpc) is 3.74. The maximum Gasteiger partial charge on any atom is 0.160 e. The van der Waals surface area contributed by atoms with Gasteiger partial charge in [0.1, 0.15) is 0 Å². The van der Waals surface area contributed by atoms with Gasteiger partial charge in [-0.25, -0.2) is 9.97 Å². The molecule has 222 valence electrons. The van der Waals surface area contributed by atoms with Crippen LogP contribution in [0.25, 0.3) is 81.6 Å². The van der Waals surface area contributed by atoms with E-state index in [1.165, 1.54) is 54.1 Å². The van der Waals surface area contributed by atoms with Gasteiger partial charge in [-0.1, -0.05) is 123 Å². The molecule has 1 aliphatic rings. The number of rotatable bonds is 3. The number of aromatic nitrogens is 3. The fraction of sp³-hybridized carbons (Fsp3) is 0.0698. The second-order valence-corrected chi connectivity index (χ2v) is 14.0. The molecule has 3 aromatic heterocycles. The number of nitrogens with zero attached hydrogens (tertiary/aromatic N) is 3. The molecule has 0 radical (unpaired) electrons. The van der Waals surface area contributed by atoms with Crippen molar-refractivity contribution < 1.29 is 0 Å². The van der Waals surface area contributed by atoms with E-state index in [2.05, 4.69) is 140 Å². The Balaban J connectivity index is 1.25. The van der Waals surface area contributed by atoms with Gasteiger partial charge in [0, 0.05) is 43.1 Å². The molecule has 3 nitrogen and oxygen atoms in total. The van der Waals surface area contributed by atoms with E-state index in [4.69, 9.17) is 9.97 Å². The molecular weight excluding hydrogens is 591 g/mol. The third-order valence-corrected chi connectivity index (χ3v) is 11.2. The van der Waals surface area contributed by atoms with Crippen LogP contribution >= 0.6 is 11.3 Å². The molecular formula is C43H29N3S. The quantitative estimate of drug-likeness (QED) is 0.197. The molecule has 0 unspecified atom stereocenters. The molecule has 10 rings (SSSR count). The third kappa shape index (κ3) is 3.73. The first-order valence-electron chi connectivity index (χ1n) is 16.1. The normalized spacial score (nSPS) is 13.5. The molecule has 0 spiro atoms. The molecule has 9 aromatic rings. The molecule has 0 N–H and O–H groups in total. The van der Waals surface area contributed by atoms with E-state index in [1.807, 2.05) is 18.2 Å². The largest absolute Gasteiger partial charge is 0.309 e. The number of hydrogen-bond acceptors (Lipinski definition) is 3. The lowest BCUT2D eigenvalue weighted by Crippen LogP contribution is -2.14. The van der Waals surface area contributed by atoms with Crippen molar-refractivity contribution in [3.8, 4) is 39.5 Å². The van der Waals surface area contributed by atoms with Gasteiger partial charge in [0.05, 0.1) is 26.9 Å². The minimum absolute atomic E-state index is 0.0532. The van der Waals surface area contributed by atoms with Crippen LogP contribution in [0.3, 0.4) is 0 Å². The summed E-state index contributed by atoms with van der Waals surface area (Å²) in [6.45, 7) is 4.71. The van der Waals surface area contributed by atoms with Gasteiger partial charge in [-0.15, -0.1) is 11.3 Å². The molecule has 0 fully saturated rings. The Bertz CT molecular complexity index is 2710. The first kappa shape index (κ1) is 26.6. The SMILES string of the molecule is CC1(C)c2ccccc2-c2c1ccc1c2c2ccccc2n1-c1cccc(-c2nc(-c3ccccc3)nc3c2sc2ccccc23)c1. The second kappa shape index (κ2) is 9.71. The predicted octanol–water partition coefficient (Wildman–Crippen LogP) is 11.6. The van der Waals surface area contributed by atoms with Crippen molar-refractivity contribution in [3.63, 3.8) is 0 Å². The highest BCUT2D eigenvalue weighted by Gasteiger charge is 2.37.